The molecule has 0 aromatic heterocycles. The third kappa shape index (κ3) is 2.37. The molecule has 0 spiro atoms. The van der Waals surface area contributed by atoms with Crippen LogP contribution in [0.2, 0.25) is 0 Å². The zero-order valence-corrected chi connectivity index (χ0v) is 11.5. The van der Waals surface area contributed by atoms with Crippen molar-refractivity contribution in [2.75, 3.05) is 14.2 Å². The highest BCUT2D eigenvalue weighted by Crippen LogP contribution is 2.31. The third-order valence-electron chi connectivity index (χ3n) is 3.59. The summed E-state index contributed by atoms with van der Waals surface area (Å²) in [5.41, 5.74) is 0. The van der Waals surface area contributed by atoms with Crippen LogP contribution in [0.1, 0.15) is 19.3 Å². The molecule has 1 aromatic rings. The van der Waals surface area contributed by atoms with Crippen molar-refractivity contribution in [3.05, 3.63) is 24.3 Å². The fourth-order valence-corrected chi connectivity index (χ4v) is 4.66. The summed E-state index contributed by atoms with van der Waals surface area (Å²) in [4.78, 5) is 0.356. The molecule has 0 amide bonds. The van der Waals surface area contributed by atoms with Gasteiger partial charge in [0.25, 0.3) is 0 Å². The molecule has 2 unspecified atom stereocenters. The van der Waals surface area contributed by atoms with E-state index in [1.807, 2.05) is 7.05 Å². The van der Waals surface area contributed by atoms with Gasteiger partial charge in [-0.05, 0) is 38.1 Å². The molecule has 1 aliphatic rings. The predicted molar refractivity (Wildman–Crippen MR) is 70.7 cm³/mol. The van der Waals surface area contributed by atoms with E-state index in [1.165, 1.54) is 7.11 Å². The molecular weight excluding hydrogens is 250 g/mol. The lowest BCUT2D eigenvalue weighted by molar-refractivity contribution is 0.413. The van der Waals surface area contributed by atoms with Gasteiger partial charge in [0, 0.05) is 6.04 Å². The van der Waals surface area contributed by atoms with E-state index in [2.05, 4.69) is 5.32 Å². The minimum atomic E-state index is -3.28. The Balaban J connectivity index is 2.35. The van der Waals surface area contributed by atoms with Gasteiger partial charge in [-0.2, -0.15) is 0 Å². The van der Waals surface area contributed by atoms with E-state index in [9.17, 15) is 8.42 Å². The summed E-state index contributed by atoms with van der Waals surface area (Å²) in [6, 6.07) is 6.77. The number of nitrogens with one attached hydrogen (secondary N) is 1. The van der Waals surface area contributed by atoms with E-state index in [1.54, 1.807) is 24.3 Å². The molecule has 2 atom stereocenters. The number of methoxy groups -OCH3 is 1. The smallest absolute Gasteiger partial charge is 0.182 e. The molecule has 100 valence electrons. The molecule has 1 aromatic carbocycles. The summed E-state index contributed by atoms with van der Waals surface area (Å²) in [5, 5.41) is 2.78. The van der Waals surface area contributed by atoms with E-state index in [-0.39, 0.29) is 11.3 Å². The lowest BCUT2D eigenvalue weighted by Crippen LogP contribution is -2.38. The quantitative estimate of drug-likeness (QED) is 0.902. The van der Waals surface area contributed by atoms with E-state index in [0.29, 0.717) is 10.6 Å². The second-order valence-corrected chi connectivity index (χ2v) is 6.76. The second kappa shape index (κ2) is 5.28. The Morgan fingerprint density at radius 1 is 1.33 bits per heavy atom. The molecule has 0 heterocycles. The van der Waals surface area contributed by atoms with Crippen LogP contribution >= 0.6 is 0 Å². The molecule has 18 heavy (non-hydrogen) atoms. The van der Waals surface area contributed by atoms with Gasteiger partial charge >= 0.3 is 0 Å². The van der Waals surface area contributed by atoms with E-state index >= 15 is 0 Å². The molecule has 2 rings (SSSR count). The Hall–Kier alpha value is -1.07. The van der Waals surface area contributed by atoms with Crippen molar-refractivity contribution in [3.63, 3.8) is 0 Å². The van der Waals surface area contributed by atoms with Gasteiger partial charge in [-0.3, -0.25) is 0 Å². The highest BCUT2D eigenvalue weighted by atomic mass is 32.2. The fraction of sp³-hybridized carbons (Fsp3) is 0.538. The van der Waals surface area contributed by atoms with Crippen molar-refractivity contribution in [1.82, 2.24) is 5.32 Å². The van der Waals surface area contributed by atoms with Crippen LogP contribution in [-0.4, -0.2) is 33.9 Å². The summed E-state index contributed by atoms with van der Waals surface area (Å²) in [7, 11) is 0.0878. The first-order chi connectivity index (χ1) is 8.59. The van der Waals surface area contributed by atoms with Gasteiger partial charge in [0.1, 0.15) is 5.75 Å². The van der Waals surface area contributed by atoms with Gasteiger partial charge in [-0.25, -0.2) is 8.42 Å². The molecule has 0 saturated heterocycles. The summed E-state index contributed by atoms with van der Waals surface area (Å²) >= 11 is 0. The zero-order chi connectivity index (χ0) is 13.2. The molecule has 1 N–H and O–H groups in total. The monoisotopic (exact) mass is 269 g/mol. The molecule has 1 saturated carbocycles. The predicted octanol–water partition coefficient (Wildman–Crippen LogP) is 1.61. The molecule has 1 aliphatic carbocycles. The van der Waals surface area contributed by atoms with Gasteiger partial charge in [-0.1, -0.05) is 12.5 Å². The van der Waals surface area contributed by atoms with Gasteiger partial charge in [0.2, 0.25) is 0 Å². The maximum absolute atomic E-state index is 12.6. The molecule has 0 radical (unpaired) electrons. The number of hydrogen-bond donors (Lipinski definition) is 1. The average molecular weight is 269 g/mol. The maximum atomic E-state index is 12.6. The van der Waals surface area contributed by atoms with Crippen LogP contribution in [0.25, 0.3) is 0 Å². The second-order valence-electron chi connectivity index (χ2n) is 4.59. The molecule has 0 aliphatic heterocycles. The Morgan fingerprint density at radius 3 is 2.78 bits per heavy atom. The Labute approximate surface area is 108 Å². The first-order valence-electron chi connectivity index (χ1n) is 6.15. The van der Waals surface area contributed by atoms with Crippen molar-refractivity contribution >= 4 is 9.84 Å². The standard InChI is InChI=1S/C13H19NO3S/c1-14-12-7-4-8-13(12)18(15,16)11-6-3-5-10(9-11)17-2/h3,5-6,9,12-14H,4,7-8H2,1-2H3. The number of hydrogen-bond acceptors (Lipinski definition) is 4. The Morgan fingerprint density at radius 2 is 2.11 bits per heavy atom. The van der Waals surface area contributed by atoms with Crippen molar-refractivity contribution in [1.29, 1.82) is 0 Å². The average Bonchev–Trinajstić information content (AvgIpc) is 2.88. The highest BCUT2D eigenvalue weighted by molar-refractivity contribution is 7.92. The van der Waals surface area contributed by atoms with Crippen LogP contribution in [0, 0.1) is 0 Å². The SMILES string of the molecule is CNC1CCCC1S(=O)(=O)c1cccc(OC)c1. The van der Waals surface area contributed by atoms with Crippen molar-refractivity contribution in [2.24, 2.45) is 0 Å². The number of benzene rings is 1. The Kier molecular flexibility index (Phi) is 3.92. The van der Waals surface area contributed by atoms with Crippen LogP contribution in [0.3, 0.4) is 0 Å². The van der Waals surface area contributed by atoms with E-state index in [4.69, 9.17) is 4.74 Å². The highest BCUT2D eigenvalue weighted by Gasteiger charge is 2.37. The largest absolute Gasteiger partial charge is 0.497 e. The van der Waals surface area contributed by atoms with Gasteiger partial charge in [0.05, 0.1) is 17.3 Å². The lowest BCUT2D eigenvalue weighted by Gasteiger charge is -2.19. The fourth-order valence-electron chi connectivity index (χ4n) is 2.58. The first-order valence-corrected chi connectivity index (χ1v) is 7.69. The van der Waals surface area contributed by atoms with Crippen LogP contribution in [0.4, 0.5) is 0 Å². The third-order valence-corrected chi connectivity index (χ3v) is 5.86. The molecule has 5 heteroatoms. The molecule has 1 fully saturated rings. The summed E-state index contributed by atoms with van der Waals surface area (Å²) in [5.74, 6) is 0.579. The van der Waals surface area contributed by atoms with Crippen LogP contribution in [0.5, 0.6) is 5.75 Å². The number of sulfone groups is 1. The van der Waals surface area contributed by atoms with Crippen LogP contribution in [0.15, 0.2) is 29.2 Å². The summed E-state index contributed by atoms with van der Waals surface area (Å²) in [6.45, 7) is 0. The summed E-state index contributed by atoms with van der Waals surface area (Å²) in [6.07, 6.45) is 2.61. The lowest BCUT2D eigenvalue weighted by atomic mass is 10.2. The maximum Gasteiger partial charge on any atom is 0.182 e. The van der Waals surface area contributed by atoms with Gasteiger partial charge in [-0.15, -0.1) is 0 Å². The minimum absolute atomic E-state index is 0.0567. The zero-order valence-electron chi connectivity index (χ0n) is 10.7. The van der Waals surface area contributed by atoms with Gasteiger partial charge in [0.15, 0.2) is 9.84 Å². The van der Waals surface area contributed by atoms with Crippen molar-refractivity contribution in [2.45, 2.75) is 35.4 Å². The molecule has 0 bridgehead atoms. The van der Waals surface area contributed by atoms with Crippen LogP contribution in [-0.2, 0) is 9.84 Å². The first kappa shape index (κ1) is 13.4. The number of rotatable bonds is 4. The number of ether oxygens (including phenoxy) is 1. The van der Waals surface area contributed by atoms with Crippen LogP contribution < -0.4 is 10.1 Å². The molecular formula is C13H19NO3S. The normalized spacial score (nSPS) is 24.1. The Bertz CT molecular complexity index is 513. The topological polar surface area (TPSA) is 55.4 Å². The van der Waals surface area contributed by atoms with Crippen molar-refractivity contribution in [3.8, 4) is 5.75 Å². The van der Waals surface area contributed by atoms with E-state index < -0.39 is 9.84 Å². The van der Waals surface area contributed by atoms with Crippen molar-refractivity contribution < 1.29 is 13.2 Å². The van der Waals surface area contributed by atoms with Gasteiger partial charge < -0.3 is 10.1 Å². The van der Waals surface area contributed by atoms with E-state index in [0.717, 1.165) is 19.3 Å². The molecule has 4 nitrogen and oxygen atoms in total. The summed E-state index contributed by atoms with van der Waals surface area (Å²) < 4.78 is 30.2. The minimum Gasteiger partial charge on any atom is -0.497 e.